The molecule has 1 aromatic heterocycles. The molecule has 0 bridgehead atoms. The second-order valence-electron chi connectivity index (χ2n) is 8.36. The monoisotopic (exact) mass is 481 g/mol. The molecule has 182 valence electrons. The molecule has 0 radical (unpaired) electrons. The van der Waals surface area contributed by atoms with Gasteiger partial charge in [-0.25, -0.2) is 4.98 Å². The molecule has 0 saturated carbocycles. The first-order valence-corrected chi connectivity index (χ1v) is 11.9. The first-order valence-electron chi connectivity index (χ1n) is 11.9. The second-order valence-corrected chi connectivity index (χ2v) is 8.36. The molecule has 8 nitrogen and oxygen atoms in total. The highest BCUT2D eigenvalue weighted by atomic mass is 16.5. The number of fused-ring (bicyclic) bond motifs is 2. The van der Waals surface area contributed by atoms with Crippen LogP contribution >= 0.6 is 0 Å². The van der Waals surface area contributed by atoms with Crippen molar-refractivity contribution in [2.45, 2.75) is 19.3 Å². The number of ether oxygens (including phenoxy) is 1. The van der Waals surface area contributed by atoms with Gasteiger partial charge in [0, 0.05) is 56.7 Å². The highest BCUT2D eigenvalue weighted by Gasteiger charge is 2.24. The van der Waals surface area contributed by atoms with Crippen LogP contribution in [-0.2, 0) is 6.42 Å². The Morgan fingerprint density at radius 1 is 1.00 bits per heavy atom. The maximum absolute atomic E-state index is 9.52. The molecule has 0 unspecified atom stereocenters. The number of hydrogen-bond acceptors (Lipinski definition) is 7. The van der Waals surface area contributed by atoms with Gasteiger partial charge in [0.2, 0.25) is 16.7 Å². The molecule has 0 amide bonds. The van der Waals surface area contributed by atoms with Gasteiger partial charge in [0.1, 0.15) is 11.3 Å². The van der Waals surface area contributed by atoms with E-state index in [1.54, 1.807) is 7.11 Å². The quantitative estimate of drug-likeness (QED) is 0.261. The van der Waals surface area contributed by atoms with Gasteiger partial charge in [0.25, 0.3) is 0 Å². The van der Waals surface area contributed by atoms with E-state index in [1.807, 2.05) is 49.5 Å². The molecular formula is C28H29N6O2+. The molecule has 0 fully saturated rings. The molecule has 36 heavy (non-hydrogen) atoms. The SMILES string of the molecule is CNc1cc(N(CCC#N)CCC#N)cc2c1nc1ccc(CCO)cc1[n+]2-c1ccc(OC)cc1. The maximum atomic E-state index is 9.52. The van der Waals surface area contributed by atoms with Crippen molar-refractivity contribution < 1.29 is 14.4 Å². The maximum Gasteiger partial charge on any atom is 0.241 e. The van der Waals surface area contributed by atoms with E-state index in [-0.39, 0.29) is 6.61 Å². The molecule has 3 aromatic carbocycles. The predicted molar refractivity (Wildman–Crippen MR) is 140 cm³/mol. The van der Waals surface area contributed by atoms with Crippen molar-refractivity contribution in [3.63, 3.8) is 0 Å². The van der Waals surface area contributed by atoms with E-state index in [9.17, 15) is 15.6 Å². The van der Waals surface area contributed by atoms with E-state index in [2.05, 4.69) is 39.1 Å². The van der Waals surface area contributed by atoms with Crippen LogP contribution in [-0.4, -0.2) is 43.9 Å². The molecule has 4 aromatic rings. The molecular weight excluding hydrogens is 452 g/mol. The lowest BCUT2D eigenvalue weighted by molar-refractivity contribution is -0.538. The molecule has 0 saturated heterocycles. The van der Waals surface area contributed by atoms with Crippen molar-refractivity contribution in [2.24, 2.45) is 0 Å². The van der Waals surface area contributed by atoms with E-state index < -0.39 is 0 Å². The molecule has 0 aliphatic rings. The highest BCUT2D eigenvalue weighted by Crippen LogP contribution is 2.30. The van der Waals surface area contributed by atoms with Crippen molar-refractivity contribution in [3.05, 3.63) is 60.2 Å². The van der Waals surface area contributed by atoms with Gasteiger partial charge in [-0.05, 0) is 36.2 Å². The standard InChI is InChI=1S/C28H28N6O2/c1-31-25-18-22(33(14-3-12-29)15-4-13-30)19-27-28(25)32-24-10-5-20(11-16-35)17-26(24)34(27)21-6-8-23(36-2)9-7-21/h5-10,17-19,35H,3-4,11,14-16H2,1-2H3/p+1. The lowest BCUT2D eigenvalue weighted by Crippen LogP contribution is -2.34. The van der Waals surface area contributed by atoms with Crippen LogP contribution in [0.1, 0.15) is 18.4 Å². The average molecular weight is 482 g/mol. The van der Waals surface area contributed by atoms with Gasteiger partial charge in [-0.3, -0.25) is 0 Å². The number of benzene rings is 3. The fourth-order valence-corrected chi connectivity index (χ4v) is 4.39. The summed E-state index contributed by atoms with van der Waals surface area (Å²) >= 11 is 0. The van der Waals surface area contributed by atoms with Crippen molar-refractivity contribution in [1.82, 2.24) is 4.98 Å². The molecule has 0 aliphatic heterocycles. The molecule has 8 heteroatoms. The van der Waals surface area contributed by atoms with E-state index in [0.717, 1.165) is 50.4 Å². The van der Waals surface area contributed by atoms with E-state index in [1.165, 1.54) is 0 Å². The third-order valence-corrected chi connectivity index (χ3v) is 6.18. The zero-order chi connectivity index (χ0) is 25.5. The first-order chi connectivity index (χ1) is 17.6. The van der Waals surface area contributed by atoms with Crippen LogP contribution < -0.4 is 19.5 Å². The minimum absolute atomic E-state index is 0.0653. The van der Waals surface area contributed by atoms with Gasteiger partial charge >= 0.3 is 0 Å². The molecule has 0 spiro atoms. The number of rotatable bonds is 10. The van der Waals surface area contributed by atoms with Gasteiger partial charge in [0.15, 0.2) is 5.52 Å². The molecule has 0 aliphatic carbocycles. The molecule has 4 rings (SSSR count). The normalized spacial score (nSPS) is 10.7. The summed E-state index contributed by atoms with van der Waals surface area (Å²) in [6, 6.07) is 22.4. The van der Waals surface area contributed by atoms with Gasteiger partial charge in [-0.1, -0.05) is 6.07 Å². The zero-order valence-corrected chi connectivity index (χ0v) is 20.5. The van der Waals surface area contributed by atoms with E-state index in [0.29, 0.717) is 32.4 Å². The minimum atomic E-state index is 0.0653. The Labute approximate surface area is 210 Å². The van der Waals surface area contributed by atoms with Crippen molar-refractivity contribution in [3.8, 4) is 23.6 Å². The Kier molecular flexibility index (Phi) is 7.79. The van der Waals surface area contributed by atoms with Crippen molar-refractivity contribution in [1.29, 1.82) is 10.5 Å². The minimum Gasteiger partial charge on any atom is -0.497 e. The Bertz CT molecular complexity index is 1440. The lowest BCUT2D eigenvalue weighted by atomic mass is 10.1. The van der Waals surface area contributed by atoms with Crippen LogP contribution in [0.25, 0.3) is 27.8 Å². The van der Waals surface area contributed by atoms with Gasteiger partial charge in [0.05, 0.1) is 37.8 Å². The second kappa shape index (κ2) is 11.4. The molecule has 0 atom stereocenters. The van der Waals surface area contributed by atoms with Crippen LogP contribution in [0.4, 0.5) is 11.4 Å². The number of nitrogens with zero attached hydrogens (tertiary/aromatic N) is 5. The Hall–Kier alpha value is -4.40. The predicted octanol–water partition coefficient (Wildman–Crippen LogP) is 3.88. The van der Waals surface area contributed by atoms with Crippen LogP contribution in [0, 0.1) is 22.7 Å². The smallest absolute Gasteiger partial charge is 0.241 e. The van der Waals surface area contributed by atoms with Crippen molar-refractivity contribution in [2.75, 3.05) is 44.1 Å². The Morgan fingerprint density at radius 2 is 1.72 bits per heavy atom. The fourth-order valence-electron chi connectivity index (χ4n) is 4.39. The molecule has 1 heterocycles. The summed E-state index contributed by atoms with van der Waals surface area (Å²) in [5, 5.41) is 31.2. The average Bonchev–Trinajstić information content (AvgIpc) is 2.91. The van der Waals surface area contributed by atoms with Crippen LogP contribution in [0.3, 0.4) is 0 Å². The first kappa shape index (κ1) is 24.7. The van der Waals surface area contributed by atoms with Crippen molar-refractivity contribution >= 4 is 33.4 Å². The number of nitrogens with one attached hydrogen (secondary N) is 1. The summed E-state index contributed by atoms with van der Waals surface area (Å²) in [5.41, 5.74) is 7.15. The van der Waals surface area contributed by atoms with Gasteiger partial charge in [-0.15, -0.1) is 4.57 Å². The zero-order valence-electron chi connectivity index (χ0n) is 20.5. The summed E-state index contributed by atoms with van der Waals surface area (Å²) in [4.78, 5) is 7.07. The van der Waals surface area contributed by atoms with Gasteiger partial charge < -0.3 is 20.1 Å². The number of methoxy groups -OCH3 is 1. The fraction of sp³-hybridized carbons (Fsp3) is 0.286. The Balaban J connectivity index is 2.05. The summed E-state index contributed by atoms with van der Waals surface area (Å²) < 4.78 is 7.54. The number of aliphatic hydroxyl groups is 1. The summed E-state index contributed by atoms with van der Waals surface area (Å²) in [7, 11) is 3.50. The van der Waals surface area contributed by atoms with E-state index >= 15 is 0 Å². The van der Waals surface area contributed by atoms with Crippen LogP contribution in [0.5, 0.6) is 5.75 Å². The number of aliphatic hydroxyl groups excluding tert-OH is 1. The Morgan fingerprint density at radius 3 is 2.33 bits per heavy atom. The lowest BCUT2D eigenvalue weighted by Gasteiger charge is -2.23. The summed E-state index contributed by atoms with van der Waals surface area (Å²) in [6.07, 6.45) is 1.27. The summed E-state index contributed by atoms with van der Waals surface area (Å²) in [5.74, 6) is 0.763. The topological polar surface area (TPSA) is 109 Å². The number of anilines is 2. The third-order valence-electron chi connectivity index (χ3n) is 6.18. The largest absolute Gasteiger partial charge is 0.497 e. The van der Waals surface area contributed by atoms with Crippen LogP contribution in [0.2, 0.25) is 0 Å². The van der Waals surface area contributed by atoms with Gasteiger partial charge in [-0.2, -0.15) is 10.5 Å². The summed E-state index contributed by atoms with van der Waals surface area (Å²) in [6.45, 7) is 1.11. The third kappa shape index (κ3) is 5.00. The highest BCUT2D eigenvalue weighted by molar-refractivity contribution is 5.93. The number of aromatic nitrogens is 2. The number of nitriles is 2. The molecule has 2 N–H and O–H groups in total. The van der Waals surface area contributed by atoms with E-state index in [4.69, 9.17) is 9.72 Å². The number of hydrogen-bond donors (Lipinski definition) is 2. The van der Waals surface area contributed by atoms with Crippen LogP contribution in [0.15, 0.2) is 54.6 Å².